The Kier molecular flexibility index (Phi) is 4.37. The fourth-order valence-corrected chi connectivity index (χ4v) is 2.73. The van der Waals surface area contributed by atoms with E-state index in [4.69, 9.17) is 4.42 Å². The lowest BCUT2D eigenvalue weighted by atomic mass is 9.98. The predicted octanol–water partition coefficient (Wildman–Crippen LogP) is 2.02. The topological polar surface area (TPSA) is 71.3 Å². The van der Waals surface area contributed by atoms with Crippen molar-refractivity contribution >= 4 is 11.7 Å². The molecule has 2 aromatic rings. The van der Waals surface area contributed by atoms with Crippen molar-refractivity contribution in [2.45, 2.75) is 19.8 Å². The minimum Gasteiger partial charge on any atom is -0.459 e. The van der Waals surface area contributed by atoms with E-state index in [1.807, 2.05) is 19.1 Å². The summed E-state index contributed by atoms with van der Waals surface area (Å²) in [6.45, 7) is 4.45. The maximum atomic E-state index is 11.9. The summed E-state index contributed by atoms with van der Waals surface area (Å²) in [6.07, 6.45) is 3.71. The molecule has 6 heteroatoms. The van der Waals surface area contributed by atoms with E-state index in [2.05, 4.69) is 20.4 Å². The molecule has 0 saturated carbocycles. The molecule has 1 aliphatic heterocycles. The molecule has 2 aromatic heterocycles. The first-order valence-electron chi connectivity index (χ1n) is 7.59. The Morgan fingerprint density at radius 1 is 1.41 bits per heavy atom. The lowest BCUT2D eigenvalue weighted by Gasteiger charge is -2.33. The minimum atomic E-state index is -0.155. The molecule has 116 valence electrons. The predicted molar refractivity (Wildman–Crippen MR) is 82.7 cm³/mol. The molecule has 22 heavy (non-hydrogen) atoms. The van der Waals surface area contributed by atoms with Gasteiger partial charge in [0.05, 0.1) is 12.0 Å². The molecule has 0 spiro atoms. The highest BCUT2D eigenvalue weighted by atomic mass is 16.3. The van der Waals surface area contributed by atoms with Crippen molar-refractivity contribution in [1.29, 1.82) is 0 Å². The number of hydrogen-bond donors (Lipinski definition) is 1. The molecule has 0 aliphatic carbocycles. The normalized spacial score (nSPS) is 18.2. The van der Waals surface area contributed by atoms with Crippen molar-refractivity contribution < 1.29 is 9.21 Å². The maximum Gasteiger partial charge on any atom is 0.286 e. The van der Waals surface area contributed by atoms with Gasteiger partial charge in [-0.2, -0.15) is 5.10 Å². The number of piperidine rings is 1. The zero-order chi connectivity index (χ0) is 15.4. The molecule has 1 N–H and O–H groups in total. The van der Waals surface area contributed by atoms with E-state index >= 15 is 0 Å². The molecule has 0 aromatic carbocycles. The monoisotopic (exact) mass is 300 g/mol. The Bertz CT molecular complexity index is 610. The Balaban J connectivity index is 1.54. The number of furan rings is 1. The number of carbonyl (C=O) groups is 1. The van der Waals surface area contributed by atoms with Crippen LogP contribution in [0.2, 0.25) is 0 Å². The van der Waals surface area contributed by atoms with E-state index < -0.39 is 0 Å². The van der Waals surface area contributed by atoms with Gasteiger partial charge >= 0.3 is 0 Å². The van der Waals surface area contributed by atoms with Gasteiger partial charge in [-0.3, -0.25) is 4.79 Å². The summed E-state index contributed by atoms with van der Waals surface area (Å²) in [7, 11) is 0. The van der Waals surface area contributed by atoms with Crippen LogP contribution in [-0.2, 0) is 0 Å². The van der Waals surface area contributed by atoms with Gasteiger partial charge in [0.15, 0.2) is 11.6 Å². The molecular weight excluding hydrogens is 280 g/mol. The van der Waals surface area contributed by atoms with Crippen LogP contribution in [0, 0.1) is 12.8 Å². The van der Waals surface area contributed by atoms with Crippen LogP contribution in [0.15, 0.2) is 34.9 Å². The summed E-state index contributed by atoms with van der Waals surface area (Å²) >= 11 is 0. The first kappa shape index (κ1) is 14.6. The van der Waals surface area contributed by atoms with Crippen LogP contribution in [-0.4, -0.2) is 35.7 Å². The number of amides is 1. The van der Waals surface area contributed by atoms with Gasteiger partial charge in [0.2, 0.25) is 0 Å². The lowest BCUT2D eigenvalue weighted by Crippen LogP contribution is -2.41. The quantitative estimate of drug-likeness (QED) is 0.935. The van der Waals surface area contributed by atoms with Crippen LogP contribution >= 0.6 is 0 Å². The second kappa shape index (κ2) is 6.60. The zero-order valence-corrected chi connectivity index (χ0v) is 12.7. The van der Waals surface area contributed by atoms with E-state index in [0.29, 0.717) is 18.2 Å². The number of aromatic nitrogens is 2. The summed E-state index contributed by atoms with van der Waals surface area (Å²) in [5.41, 5.74) is 0.919. The largest absolute Gasteiger partial charge is 0.459 e. The number of nitrogens with one attached hydrogen (secondary N) is 1. The van der Waals surface area contributed by atoms with Gasteiger partial charge in [-0.1, -0.05) is 0 Å². The molecule has 1 fully saturated rings. The first-order valence-corrected chi connectivity index (χ1v) is 7.59. The number of nitrogens with zero attached hydrogens (tertiary/aromatic N) is 3. The van der Waals surface area contributed by atoms with Crippen LogP contribution in [0.1, 0.15) is 29.1 Å². The number of aryl methyl sites for hydroxylation is 1. The number of hydrogen-bond acceptors (Lipinski definition) is 5. The van der Waals surface area contributed by atoms with Crippen molar-refractivity contribution in [2.75, 3.05) is 24.5 Å². The molecule has 1 amide bonds. The Morgan fingerprint density at radius 2 is 2.32 bits per heavy atom. The highest BCUT2D eigenvalue weighted by molar-refractivity contribution is 5.91. The van der Waals surface area contributed by atoms with Gasteiger partial charge < -0.3 is 14.6 Å². The summed E-state index contributed by atoms with van der Waals surface area (Å²) in [6, 6.07) is 7.37. The van der Waals surface area contributed by atoms with E-state index in [1.165, 1.54) is 6.26 Å². The molecule has 1 unspecified atom stereocenters. The Morgan fingerprint density at radius 3 is 3.05 bits per heavy atom. The number of anilines is 1. The van der Waals surface area contributed by atoms with Crippen LogP contribution in [0.5, 0.6) is 0 Å². The SMILES string of the molecule is Cc1ccc(N2CCCC(CNC(=O)c3ccco3)C2)nn1. The number of rotatable bonds is 4. The highest BCUT2D eigenvalue weighted by Crippen LogP contribution is 2.20. The third-order valence-electron chi connectivity index (χ3n) is 3.92. The van der Waals surface area contributed by atoms with Crippen molar-refractivity contribution in [3.63, 3.8) is 0 Å². The summed E-state index contributed by atoms with van der Waals surface area (Å²) in [5, 5.41) is 11.3. The van der Waals surface area contributed by atoms with E-state index in [0.717, 1.165) is 37.4 Å². The second-order valence-electron chi connectivity index (χ2n) is 5.67. The highest BCUT2D eigenvalue weighted by Gasteiger charge is 2.22. The molecule has 0 radical (unpaired) electrons. The van der Waals surface area contributed by atoms with Gasteiger partial charge in [0.25, 0.3) is 5.91 Å². The summed E-state index contributed by atoms with van der Waals surface area (Å²) in [5.74, 6) is 1.53. The van der Waals surface area contributed by atoms with Crippen molar-refractivity contribution in [3.05, 3.63) is 42.0 Å². The molecule has 1 atom stereocenters. The molecule has 0 bridgehead atoms. The smallest absolute Gasteiger partial charge is 0.286 e. The van der Waals surface area contributed by atoms with E-state index in [-0.39, 0.29) is 5.91 Å². The lowest BCUT2D eigenvalue weighted by molar-refractivity contribution is 0.0918. The molecule has 1 saturated heterocycles. The molecule has 6 nitrogen and oxygen atoms in total. The van der Waals surface area contributed by atoms with E-state index in [1.54, 1.807) is 12.1 Å². The van der Waals surface area contributed by atoms with Gasteiger partial charge in [0.1, 0.15) is 0 Å². The summed E-state index contributed by atoms with van der Waals surface area (Å²) in [4.78, 5) is 14.1. The Labute approximate surface area is 129 Å². The number of carbonyl (C=O) groups excluding carboxylic acids is 1. The van der Waals surface area contributed by atoms with Crippen molar-refractivity contribution in [1.82, 2.24) is 15.5 Å². The minimum absolute atomic E-state index is 0.155. The fraction of sp³-hybridized carbons (Fsp3) is 0.438. The van der Waals surface area contributed by atoms with Crippen LogP contribution in [0.3, 0.4) is 0 Å². The molecule has 1 aliphatic rings. The fourth-order valence-electron chi connectivity index (χ4n) is 2.73. The van der Waals surface area contributed by atoms with Crippen LogP contribution < -0.4 is 10.2 Å². The van der Waals surface area contributed by atoms with Crippen LogP contribution in [0.25, 0.3) is 0 Å². The van der Waals surface area contributed by atoms with Gasteiger partial charge in [0, 0.05) is 19.6 Å². The molecule has 3 heterocycles. The molecule has 3 rings (SSSR count). The zero-order valence-electron chi connectivity index (χ0n) is 12.7. The van der Waals surface area contributed by atoms with Crippen molar-refractivity contribution in [2.24, 2.45) is 5.92 Å². The second-order valence-corrected chi connectivity index (χ2v) is 5.67. The average molecular weight is 300 g/mol. The molecular formula is C16H20N4O2. The van der Waals surface area contributed by atoms with Crippen molar-refractivity contribution in [3.8, 4) is 0 Å². The standard InChI is InChI=1S/C16H20N4O2/c1-12-6-7-15(19-18-12)20-8-2-4-13(11-20)10-17-16(21)14-5-3-9-22-14/h3,5-7,9,13H,2,4,8,10-11H2,1H3,(H,17,21). The van der Waals surface area contributed by atoms with Gasteiger partial charge in [-0.25, -0.2) is 0 Å². The third kappa shape index (κ3) is 3.44. The van der Waals surface area contributed by atoms with Gasteiger partial charge in [-0.15, -0.1) is 5.10 Å². The third-order valence-corrected chi connectivity index (χ3v) is 3.92. The average Bonchev–Trinajstić information content (AvgIpc) is 3.08. The summed E-state index contributed by atoms with van der Waals surface area (Å²) < 4.78 is 5.10. The van der Waals surface area contributed by atoms with E-state index in [9.17, 15) is 4.79 Å². The Hall–Kier alpha value is -2.37. The van der Waals surface area contributed by atoms with Crippen LogP contribution in [0.4, 0.5) is 5.82 Å². The van der Waals surface area contributed by atoms with Gasteiger partial charge in [-0.05, 0) is 49.9 Å². The first-order chi connectivity index (χ1) is 10.7. The maximum absolute atomic E-state index is 11.9.